The lowest BCUT2D eigenvalue weighted by molar-refractivity contribution is -0.148. The highest BCUT2D eigenvalue weighted by Crippen LogP contribution is 2.45. The fourth-order valence-electron chi connectivity index (χ4n) is 4.03. The molecule has 0 radical (unpaired) electrons. The van der Waals surface area contributed by atoms with Gasteiger partial charge in [-0.1, -0.05) is 6.08 Å². The van der Waals surface area contributed by atoms with Crippen molar-refractivity contribution in [1.29, 1.82) is 0 Å². The number of hydrogen-bond acceptors (Lipinski definition) is 8. The number of benzene rings is 1. The number of furan rings is 1. The number of aromatic nitrogens is 1. The maximum Gasteiger partial charge on any atom is 0.322 e. The molecule has 178 valence electrons. The molecule has 7 nitrogen and oxygen atoms in total. The van der Waals surface area contributed by atoms with Gasteiger partial charge in [0.05, 0.1) is 18.7 Å². The third kappa shape index (κ3) is 4.59. The van der Waals surface area contributed by atoms with Crippen LogP contribution in [0, 0.1) is 6.92 Å². The minimum atomic E-state index is -0.366. The lowest BCUT2D eigenvalue weighted by Crippen LogP contribution is -2.43. The zero-order valence-electron chi connectivity index (χ0n) is 19.3. The Kier molecular flexibility index (Phi) is 6.41. The van der Waals surface area contributed by atoms with Crippen molar-refractivity contribution in [2.45, 2.75) is 44.3 Å². The Hall–Kier alpha value is -3.13. The Morgan fingerprint density at radius 1 is 1.18 bits per heavy atom. The van der Waals surface area contributed by atoms with Crippen LogP contribution < -0.4 is 9.47 Å². The Morgan fingerprint density at radius 2 is 2.03 bits per heavy atom. The molecule has 0 N–H and O–H groups in total. The van der Waals surface area contributed by atoms with Crippen LogP contribution in [0.3, 0.4) is 0 Å². The van der Waals surface area contributed by atoms with Crippen LogP contribution >= 0.6 is 11.8 Å². The molecule has 3 aromatic rings. The monoisotopic (exact) mass is 481 g/mol. The molecule has 0 atom stereocenters. The van der Waals surface area contributed by atoms with Crippen molar-refractivity contribution in [3.05, 3.63) is 59.4 Å². The highest BCUT2D eigenvalue weighted by molar-refractivity contribution is 8.01. The minimum Gasteiger partial charge on any atom is -0.465 e. The number of oxazole rings is 1. The van der Waals surface area contributed by atoms with Crippen LogP contribution in [-0.4, -0.2) is 34.9 Å². The molecule has 1 aliphatic heterocycles. The third-order valence-electron chi connectivity index (χ3n) is 6.08. The molecule has 0 bridgehead atoms. The van der Waals surface area contributed by atoms with Gasteiger partial charge >= 0.3 is 5.97 Å². The molecular weight excluding hydrogens is 454 g/mol. The molecule has 2 aromatic heterocycles. The number of hydrogen-bond donors (Lipinski definition) is 0. The van der Waals surface area contributed by atoms with Gasteiger partial charge in [-0.25, -0.2) is 4.98 Å². The van der Waals surface area contributed by atoms with E-state index in [-0.39, 0.29) is 17.5 Å². The number of carbonyl (C=O) groups is 1. The van der Waals surface area contributed by atoms with Gasteiger partial charge in [-0.15, -0.1) is 11.8 Å². The average molecular weight is 482 g/mol. The number of aryl methyl sites for hydroxylation is 1. The third-order valence-corrected chi connectivity index (χ3v) is 7.57. The predicted molar refractivity (Wildman–Crippen MR) is 129 cm³/mol. The number of esters is 1. The molecule has 3 heterocycles. The zero-order valence-corrected chi connectivity index (χ0v) is 20.1. The van der Waals surface area contributed by atoms with Crippen LogP contribution in [0.1, 0.15) is 49.2 Å². The van der Waals surface area contributed by atoms with Gasteiger partial charge in [0, 0.05) is 11.3 Å². The molecule has 0 saturated heterocycles. The highest BCUT2D eigenvalue weighted by atomic mass is 32.2. The summed E-state index contributed by atoms with van der Waals surface area (Å²) in [5.41, 5.74) is 1.67. The topological polar surface area (TPSA) is 83.9 Å². The molecule has 1 fully saturated rings. The Bertz CT molecular complexity index is 1210. The SMILES string of the molecule is CCOC(=O)C1(SCC=Cc2ccc(Cc3nc(-c4ccc5c(c4)OCO5)oc3C)o2)CCC1. The summed E-state index contributed by atoms with van der Waals surface area (Å²) in [6.07, 6.45) is 7.37. The van der Waals surface area contributed by atoms with E-state index in [2.05, 4.69) is 4.98 Å². The summed E-state index contributed by atoms with van der Waals surface area (Å²) in [4.78, 5) is 16.9. The summed E-state index contributed by atoms with van der Waals surface area (Å²) >= 11 is 1.66. The first kappa shape index (κ1) is 22.7. The second kappa shape index (κ2) is 9.62. The highest BCUT2D eigenvalue weighted by Gasteiger charge is 2.45. The van der Waals surface area contributed by atoms with Crippen molar-refractivity contribution >= 4 is 23.8 Å². The summed E-state index contributed by atoms with van der Waals surface area (Å²) < 4.78 is 27.6. The predicted octanol–water partition coefficient (Wildman–Crippen LogP) is 5.79. The lowest BCUT2D eigenvalue weighted by Gasteiger charge is -2.38. The quantitative estimate of drug-likeness (QED) is 0.355. The van der Waals surface area contributed by atoms with Crippen LogP contribution in [0.15, 0.2) is 45.2 Å². The first-order valence-electron chi connectivity index (χ1n) is 11.5. The van der Waals surface area contributed by atoms with E-state index < -0.39 is 0 Å². The number of fused-ring (bicyclic) bond motifs is 1. The van der Waals surface area contributed by atoms with Crippen LogP contribution in [-0.2, 0) is 16.0 Å². The van der Waals surface area contributed by atoms with Gasteiger partial charge in [0.2, 0.25) is 12.7 Å². The second-order valence-electron chi connectivity index (χ2n) is 8.35. The number of rotatable bonds is 9. The smallest absolute Gasteiger partial charge is 0.322 e. The van der Waals surface area contributed by atoms with Gasteiger partial charge in [0.15, 0.2) is 11.5 Å². The number of ether oxygens (including phenoxy) is 3. The van der Waals surface area contributed by atoms with E-state index in [0.29, 0.717) is 24.7 Å². The first-order chi connectivity index (χ1) is 16.6. The van der Waals surface area contributed by atoms with Gasteiger partial charge in [-0.05, 0) is 69.5 Å². The summed E-state index contributed by atoms with van der Waals surface area (Å²) in [5, 5.41) is 0. The van der Waals surface area contributed by atoms with E-state index >= 15 is 0 Å². The largest absolute Gasteiger partial charge is 0.465 e. The summed E-state index contributed by atoms with van der Waals surface area (Å²) in [6.45, 7) is 4.41. The Morgan fingerprint density at radius 3 is 2.82 bits per heavy atom. The molecule has 8 heteroatoms. The number of thioether (sulfide) groups is 1. The van der Waals surface area contributed by atoms with Crippen molar-refractivity contribution in [1.82, 2.24) is 4.98 Å². The molecule has 1 aromatic carbocycles. The lowest BCUT2D eigenvalue weighted by atomic mass is 9.84. The van der Waals surface area contributed by atoms with Gasteiger partial charge < -0.3 is 23.0 Å². The van der Waals surface area contributed by atoms with E-state index in [1.54, 1.807) is 11.8 Å². The second-order valence-corrected chi connectivity index (χ2v) is 9.76. The molecule has 0 spiro atoms. The molecule has 5 rings (SSSR count). The van der Waals surface area contributed by atoms with Gasteiger partial charge in [0.1, 0.15) is 22.0 Å². The van der Waals surface area contributed by atoms with Crippen molar-refractivity contribution in [3.8, 4) is 23.0 Å². The van der Waals surface area contributed by atoms with Gasteiger partial charge in [0.25, 0.3) is 0 Å². The van der Waals surface area contributed by atoms with Crippen molar-refractivity contribution in [2.24, 2.45) is 0 Å². The summed E-state index contributed by atoms with van der Waals surface area (Å²) in [5.74, 6) is 4.95. The van der Waals surface area contributed by atoms with Crippen molar-refractivity contribution in [2.75, 3.05) is 19.2 Å². The van der Waals surface area contributed by atoms with E-state index in [1.165, 1.54) is 0 Å². The molecular formula is C26H27NO6S. The molecule has 1 aliphatic carbocycles. The van der Waals surface area contributed by atoms with E-state index in [0.717, 1.165) is 59.3 Å². The van der Waals surface area contributed by atoms with Crippen LogP contribution in [0.2, 0.25) is 0 Å². The van der Waals surface area contributed by atoms with Crippen molar-refractivity contribution < 1.29 is 27.8 Å². The normalized spacial score (nSPS) is 16.1. The fraction of sp³-hybridized carbons (Fsp3) is 0.385. The molecule has 34 heavy (non-hydrogen) atoms. The Labute approximate surface area is 202 Å². The van der Waals surface area contributed by atoms with Gasteiger partial charge in [-0.3, -0.25) is 4.79 Å². The molecule has 1 saturated carbocycles. The van der Waals surface area contributed by atoms with E-state index in [9.17, 15) is 4.79 Å². The Balaban J connectivity index is 1.19. The summed E-state index contributed by atoms with van der Waals surface area (Å²) in [6, 6.07) is 9.54. The number of carbonyl (C=O) groups excluding carboxylic acids is 1. The zero-order chi connectivity index (χ0) is 23.5. The molecule has 0 amide bonds. The summed E-state index contributed by atoms with van der Waals surface area (Å²) in [7, 11) is 0. The molecule has 2 aliphatic rings. The standard InChI is InChI=1S/C26H27NO6S/c1-3-29-25(28)26(11-5-12-26)34-13-4-6-19-8-9-20(33-19)15-21-17(2)32-24(27-21)18-7-10-22-23(14-18)31-16-30-22/h4,6-10,14H,3,5,11-13,15-16H2,1-2H3. The maximum atomic E-state index is 12.2. The van der Waals surface area contributed by atoms with Gasteiger partial charge in [-0.2, -0.15) is 0 Å². The van der Waals surface area contributed by atoms with Crippen LogP contribution in [0.4, 0.5) is 0 Å². The number of nitrogens with zero attached hydrogens (tertiary/aromatic N) is 1. The van der Waals surface area contributed by atoms with E-state index in [4.69, 9.17) is 23.0 Å². The fourth-order valence-corrected chi connectivity index (χ4v) is 5.29. The average Bonchev–Trinajstić information content (AvgIpc) is 3.53. The first-order valence-corrected chi connectivity index (χ1v) is 12.5. The van der Waals surface area contributed by atoms with Crippen LogP contribution in [0.5, 0.6) is 11.5 Å². The van der Waals surface area contributed by atoms with Crippen LogP contribution in [0.25, 0.3) is 17.5 Å². The molecule has 0 unspecified atom stereocenters. The van der Waals surface area contributed by atoms with E-state index in [1.807, 2.05) is 56.3 Å². The van der Waals surface area contributed by atoms with Crippen molar-refractivity contribution in [3.63, 3.8) is 0 Å². The minimum absolute atomic E-state index is 0.0805. The maximum absolute atomic E-state index is 12.2.